The summed E-state index contributed by atoms with van der Waals surface area (Å²) in [5.74, 6) is -1.17. The number of carbonyl (C=O) groups excluding carboxylic acids is 2. The summed E-state index contributed by atoms with van der Waals surface area (Å²) in [7, 11) is 0. The SMILES string of the molecule is CCCCCC[C@H](NC(=O)[C@@H](O)c1ccccc1)C(N)=O. The highest BCUT2D eigenvalue weighted by atomic mass is 16.3. The lowest BCUT2D eigenvalue weighted by Gasteiger charge is -2.18. The summed E-state index contributed by atoms with van der Waals surface area (Å²) in [6, 6.07) is 7.86. The van der Waals surface area contributed by atoms with Crippen molar-refractivity contribution in [2.45, 2.75) is 51.2 Å². The van der Waals surface area contributed by atoms with Gasteiger partial charge in [-0.15, -0.1) is 0 Å². The first-order valence-electron chi connectivity index (χ1n) is 7.39. The van der Waals surface area contributed by atoms with Gasteiger partial charge in [-0.1, -0.05) is 62.9 Å². The highest BCUT2D eigenvalue weighted by Gasteiger charge is 2.23. The first kappa shape index (κ1) is 17.2. The van der Waals surface area contributed by atoms with Crippen LogP contribution in [-0.2, 0) is 9.59 Å². The van der Waals surface area contributed by atoms with Gasteiger partial charge in [0.2, 0.25) is 5.91 Å². The van der Waals surface area contributed by atoms with Crippen LogP contribution in [0.2, 0.25) is 0 Å². The molecule has 2 atom stereocenters. The minimum Gasteiger partial charge on any atom is -0.378 e. The molecule has 0 aliphatic rings. The van der Waals surface area contributed by atoms with Gasteiger partial charge in [-0.25, -0.2) is 0 Å². The fourth-order valence-electron chi connectivity index (χ4n) is 2.10. The largest absolute Gasteiger partial charge is 0.378 e. The zero-order valence-corrected chi connectivity index (χ0v) is 12.4. The highest BCUT2D eigenvalue weighted by molar-refractivity contribution is 5.88. The number of hydrogen-bond acceptors (Lipinski definition) is 3. The molecule has 1 rings (SSSR count). The van der Waals surface area contributed by atoms with Crippen LogP contribution < -0.4 is 11.1 Å². The fraction of sp³-hybridized carbons (Fsp3) is 0.500. The summed E-state index contributed by atoms with van der Waals surface area (Å²) in [6.07, 6.45) is 3.22. The number of carbonyl (C=O) groups is 2. The van der Waals surface area contributed by atoms with Gasteiger partial charge in [0, 0.05) is 0 Å². The molecule has 0 saturated carbocycles. The smallest absolute Gasteiger partial charge is 0.254 e. The maximum absolute atomic E-state index is 12.0. The van der Waals surface area contributed by atoms with Gasteiger partial charge in [-0.05, 0) is 12.0 Å². The van der Waals surface area contributed by atoms with Crippen LogP contribution in [-0.4, -0.2) is 23.0 Å². The molecule has 0 heterocycles. The Kier molecular flexibility index (Phi) is 7.46. The van der Waals surface area contributed by atoms with Crippen molar-refractivity contribution in [1.82, 2.24) is 5.32 Å². The van der Waals surface area contributed by atoms with E-state index in [0.29, 0.717) is 12.0 Å². The van der Waals surface area contributed by atoms with Gasteiger partial charge < -0.3 is 16.2 Å². The molecule has 0 spiro atoms. The molecular formula is C16H24N2O3. The number of benzene rings is 1. The summed E-state index contributed by atoms with van der Waals surface area (Å²) in [5.41, 5.74) is 5.79. The molecule has 1 aromatic rings. The molecule has 0 bridgehead atoms. The number of nitrogens with two attached hydrogens (primary N) is 1. The second kappa shape index (κ2) is 9.13. The molecule has 5 nitrogen and oxygen atoms in total. The molecule has 1 aromatic carbocycles. The third kappa shape index (κ3) is 5.95. The van der Waals surface area contributed by atoms with Gasteiger partial charge >= 0.3 is 0 Å². The Balaban J connectivity index is 2.54. The molecule has 0 aromatic heterocycles. The van der Waals surface area contributed by atoms with Gasteiger partial charge in [0.25, 0.3) is 5.91 Å². The van der Waals surface area contributed by atoms with Crippen molar-refractivity contribution in [3.8, 4) is 0 Å². The van der Waals surface area contributed by atoms with Crippen LogP contribution in [0.5, 0.6) is 0 Å². The maximum Gasteiger partial charge on any atom is 0.254 e. The lowest BCUT2D eigenvalue weighted by atomic mass is 10.1. The molecular weight excluding hydrogens is 268 g/mol. The zero-order chi connectivity index (χ0) is 15.7. The van der Waals surface area contributed by atoms with Gasteiger partial charge in [0.1, 0.15) is 6.04 Å². The molecule has 0 radical (unpaired) electrons. The summed E-state index contributed by atoms with van der Waals surface area (Å²) in [6.45, 7) is 2.10. The van der Waals surface area contributed by atoms with Crippen molar-refractivity contribution < 1.29 is 14.7 Å². The van der Waals surface area contributed by atoms with E-state index >= 15 is 0 Å². The van der Waals surface area contributed by atoms with Crippen LogP contribution in [0.4, 0.5) is 0 Å². The van der Waals surface area contributed by atoms with E-state index in [9.17, 15) is 14.7 Å². The fourth-order valence-corrected chi connectivity index (χ4v) is 2.10. The average molecular weight is 292 g/mol. The van der Waals surface area contributed by atoms with Crippen LogP contribution in [0, 0.1) is 0 Å². The minimum absolute atomic E-state index is 0.490. The summed E-state index contributed by atoms with van der Waals surface area (Å²) in [5, 5.41) is 12.5. The number of primary amides is 1. The minimum atomic E-state index is -1.29. The second-order valence-electron chi connectivity index (χ2n) is 5.13. The Morgan fingerprint density at radius 2 is 1.86 bits per heavy atom. The van der Waals surface area contributed by atoms with Crippen molar-refractivity contribution in [1.29, 1.82) is 0 Å². The summed E-state index contributed by atoms with van der Waals surface area (Å²) < 4.78 is 0. The molecule has 0 aliphatic heterocycles. The Hall–Kier alpha value is -1.88. The predicted octanol–water partition coefficient (Wildman–Crippen LogP) is 1.66. The quantitative estimate of drug-likeness (QED) is 0.604. The van der Waals surface area contributed by atoms with E-state index in [1.807, 2.05) is 0 Å². The second-order valence-corrected chi connectivity index (χ2v) is 5.13. The number of aliphatic hydroxyl groups is 1. The van der Waals surface area contributed by atoms with Crippen molar-refractivity contribution >= 4 is 11.8 Å². The van der Waals surface area contributed by atoms with Crippen molar-refractivity contribution in [3.63, 3.8) is 0 Å². The van der Waals surface area contributed by atoms with Crippen LogP contribution in [0.15, 0.2) is 30.3 Å². The zero-order valence-electron chi connectivity index (χ0n) is 12.4. The Morgan fingerprint density at radius 3 is 2.43 bits per heavy atom. The van der Waals surface area contributed by atoms with E-state index in [1.54, 1.807) is 30.3 Å². The number of nitrogens with one attached hydrogen (secondary N) is 1. The Bertz CT molecular complexity index is 448. The first-order valence-corrected chi connectivity index (χ1v) is 7.39. The molecule has 0 aliphatic carbocycles. The topological polar surface area (TPSA) is 92.4 Å². The van der Waals surface area contributed by atoms with Crippen LogP contribution >= 0.6 is 0 Å². The monoisotopic (exact) mass is 292 g/mol. The Labute approximate surface area is 125 Å². The normalized spacial score (nSPS) is 13.4. The van der Waals surface area contributed by atoms with Gasteiger partial charge in [0.15, 0.2) is 6.10 Å². The van der Waals surface area contributed by atoms with Crippen LogP contribution in [0.1, 0.15) is 50.7 Å². The Morgan fingerprint density at radius 1 is 1.19 bits per heavy atom. The number of amides is 2. The van der Waals surface area contributed by atoms with Gasteiger partial charge in [-0.2, -0.15) is 0 Å². The predicted molar refractivity (Wildman–Crippen MR) is 81.3 cm³/mol. The van der Waals surface area contributed by atoms with Crippen molar-refractivity contribution in [2.75, 3.05) is 0 Å². The lowest BCUT2D eigenvalue weighted by molar-refractivity contribution is -0.133. The van der Waals surface area contributed by atoms with Crippen molar-refractivity contribution in [3.05, 3.63) is 35.9 Å². The molecule has 116 valence electrons. The molecule has 4 N–H and O–H groups in total. The van der Waals surface area contributed by atoms with Crippen LogP contribution in [0.3, 0.4) is 0 Å². The van der Waals surface area contributed by atoms with E-state index in [4.69, 9.17) is 5.73 Å². The van der Waals surface area contributed by atoms with E-state index in [0.717, 1.165) is 25.7 Å². The number of unbranched alkanes of at least 4 members (excludes halogenated alkanes) is 3. The number of aliphatic hydroxyl groups excluding tert-OH is 1. The summed E-state index contributed by atoms with van der Waals surface area (Å²) >= 11 is 0. The number of hydrogen-bond donors (Lipinski definition) is 3. The van der Waals surface area contributed by atoms with E-state index in [1.165, 1.54) is 0 Å². The lowest BCUT2D eigenvalue weighted by Crippen LogP contribution is -2.46. The van der Waals surface area contributed by atoms with E-state index in [2.05, 4.69) is 12.2 Å². The molecule has 5 heteroatoms. The third-order valence-corrected chi connectivity index (χ3v) is 3.37. The van der Waals surface area contributed by atoms with Crippen molar-refractivity contribution in [2.24, 2.45) is 5.73 Å². The first-order chi connectivity index (χ1) is 10.1. The van der Waals surface area contributed by atoms with E-state index < -0.39 is 24.0 Å². The molecule has 0 unspecified atom stereocenters. The van der Waals surface area contributed by atoms with Crippen LogP contribution in [0.25, 0.3) is 0 Å². The molecule has 21 heavy (non-hydrogen) atoms. The van der Waals surface area contributed by atoms with Gasteiger partial charge in [0.05, 0.1) is 0 Å². The summed E-state index contributed by atoms with van der Waals surface area (Å²) in [4.78, 5) is 23.4. The third-order valence-electron chi connectivity index (χ3n) is 3.37. The standard InChI is InChI=1S/C16H24N2O3/c1-2-3-4-8-11-13(15(17)20)18-16(21)14(19)12-9-6-5-7-10-12/h5-7,9-10,13-14,19H,2-4,8,11H2,1H3,(H2,17,20)(H,18,21)/t13-,14-/m0/s1. The van der Waals surface area contributed by atoms with E-state index in [-0.39, 0.29) is 0 Å². The number of rotatable bonds is 9. The molecule has 0 fully saturated rings. The van der Waals surface area contributed by atoms with Gasteiger partial charge in [-0.3, -0.25) is 9.59 Å². The average Bonchev–Trinajstić information content (AvgIpc) is 2.50. The highest BCUT2D eigenvalue weighted by Crippen LogP contribution is 2.13. The molecule has 2 amide bonds. The molecule has 0 saturated heterocycles. The maximum atomic E-state index is 12.0.